The van der Waals surface area contributed by atoms with Gasteiger partial charge in [-0.25, -0.2) is 0 Å². The summed E-state index contributed by atoms with van der Waals surface area (Å²) in [7, 11) is 0. The van der Waals surface area contributed by atoms with Gasteiger partial charge in [0.15, 0.2) is 0 Å². The number of benzene rings is 1. The summed E-state index contributed by atoms with van der Waals surface area (Å²) < 4.78 is 5.36. The van der Waals surface area contributed by atoms with E-state index in [0.29, 0.717) is 15.0 Å². The van der Waals surface area contributed by atoms with Gasteiger partial charge in [0.2, 0.25) is 0 Å². The molecule has 2 nitrogen and oxygen atoms in total. The molecule has 0 N–H and O–H groups in total. The summed E-state index contributed by atoms with van der Waals surface area (Å²) in [5.41, 5.74) is 2.27. The Balaban J connectivity index is 2.17. The Hall–Kier alpha value is -0.791. The van der Waals surface area contributed by atoms with E-state index in [1.807, 2.05) is 12.1 Å². The van der Waals surface area contributed by atoms with Gasteiger partial charge in [-0.15, -0.1) is 0 Å². The zero-order valence-corrected chi connectivity index (χ0v) is 9.20. The first-order valence-corrected chi connectivity index (χ1v) is 6.32. The van der Waals surface area contributed by atoms with Gasteiger partial charge in [0, 0.05) is 0 Å². The molecule has 0 radical (unpaired) electrons. The summed E-state index contributed by atoms with van der Waals surface area (Å²) in [5, 5.41) is 1.16. The van der Waals surface area contributed by atoms with Crippen LogP contribution in [0.15, 0.2) is 29.3 Å². The number of ether oxygens (including phenoxy) is 1. The fourth-order valence-electron chi connectivity index (χ4n) is 1.09. The Labute approximate surface area is 84.2 Å². The van der Waals surface area contributed by atoms with E-state index >= 15 is 0 Å². The number of aryl methyl sites for hydroxylation is 1. The van der Waals surface area contributed by atoms with Gasteiger partial charge in [0.05, 0.1) is 0 Å². The molecule has 1 aliphatic heterocycles. The molecule has 3 heteroatoms. The van der Waals surface area contributed by atoms with Crippen molar-refractivity contribution in [1.82, 2.24) is 0 Å². The summed E-state index contributed by atoms with van der Waals surface area (Å²) in [6.07, 6.45) is 0. The Kier molecular flexibility index (Phi) is 2.67. The molecule has 68 valence electrons. The Morgan fingerprint density at radius 2 is 2.08 bits per heavy atom. The maximum atomic E-state index is 5.36. The maximum absolute atomic E-state index is 5.36. The van der Waals surface area contributed by atoms with Gasteiger partial charge >= 0.3 is 83.8 Å². The molecule has 0 atom stereocenters. The second-order valence-electron chi connectivity index (χ2n) is 2.91. The molecule has 2 rings (SSSR count). The van der Waals surface area contributed by atoms with Crippen LogP contribution < -0.4 is 0 Å². The number of hydrogen-bond donors (Lipinski definition) is 0. The van der Waals surface area contributed by atoms with Gasteiger partial charge in [0.1, 0.15) is 0 Å². The SMILES string of the molecule is Cc1ccc(N=C2OCC[Se]2)cc1. The van der Waals surface area contributed by atoms with E-state index in [0.717, 1.165) is 22.4 Å². The second kappa shape index (κ2) is 3.95. The van der Waals surface area contributed by atoms with Crippen molar-refractivity contribution >= 4 is 25.4 Å². The summed E-state index contributed by atoms with van der Waals surface area (Å²) in [5.74, 6) is 0. The van der Waals surface area contributed by atoms with E-state index in [1.165, 1.54) is 5.56 Å². The fraction of sp³-hybridized carbons (Fsp3) is 0.300. The van der Waals surface area contributed by atoms with Gasteiger partial charge in [-0.05, 0) is 0 Å². The van der Waals surface area contributed by atoms with Crippen LogP contribution in [0.1, 0.15) is 5.56 Å². The first-order chi connectivity index (χ1) is 6.34. The van der Waals surface area contributed by atoms with Crippen LogP contribution in [0.3, 0.4) is 0 Å². The third-order valence-corrected chi connectivity index (χ3v) is 3.52. The van der Waals surface area contributed by atoms with Gasteiger partial charge < -0.3 is 0 Å². The molecule has 0 unspecified atom stereocenters. The molecule has 1 aromatic carbocycles. The average molecular weight is 240 g/mol. The monoisotopic (exact) mass is 241 g/mol. The van der Waals surface area contributed by atoms with Crippen molar-refractivity contribution in [3.05, 3.63) is 29.8 Å². The van der Waals surface area contributed by atoms with E-state index in [1.54, 1.807) is 0 Å². The molecule has 1 aliphatic rings. The molecule has 1 aromatic rings. The van der Waals surface area contributed by atoms with Crippen LogP contribution in [0.5, 0.6) is 0 Å². The Morgan fingerprint density at radius 1 is 1.31 bits per heavy atom. The quantitative estimate of drug-likeness (QED) is 0.689. The van der Waals surface area contributed by atoms with E-state index in [4.69, 9.17) is 4.74 Å². The molecule has 0 amide bonds. The van der Waals surface area contributed by atoms with Gasteiger partial charge in [-0.3, -0.25) is 0 Å². The molecule has 0 saturated carbocycles. The normalized spacial score (nSPS) is 19.0. The fourth-order valence-corrected chi connectivity index (χ4v) is 2.51. The molecule has 1 saturated heterocycles. The van der Waals surface area contributed by atoms with E-state index in [-0.39, 0.29) is 0 Å². The summed E-state index contributed by atoms with van der Waals surface area (Å²) in [6, 6.07) is 8.20. The van der Waals surface area contributed by atoms with Crippen LogP contribution in [0.2, 0.25) is 5.32 Å². The predicted octanol–water partition coefficient (Wildman–Crippen LogP) is 2.14. The zero-order valence-electron chi connectivity index (χ0n) is 7.49. The van der Waals surface area contributed by atoms with Gasteiger partial charge in [-0.1, -0.05) is 0 Å². The van der Waals surface area contributed by atoms with Crippen molar-refractivity contribution in [2.24, 2.45) is 4.99 Å². The van der Waals surface area contributed by atoms with Crippen molar-refractivity contribution < 1.29 is 4.74 Å². The zero-order chi connectivity index (χ0) is 9.10. The van der Waals surface area contributed by atoms with E-state index in [2.05, 4.69) is 24.0 Å². The number of rotatable bonds is 1. The Morgan fingerprint density at radius 3 is 2.69 bits per heavy atom. The summed E-state index contributed by atoms with van der Waals surface area (Å²) >= 11 is 0.463. The molecule has 1 heterocycles. The van der Waals surface area contributed by atoms with Crippen LogP contribution >= 0.6 is 0 Å². The third-order valence-electron chi connectivity index (χ3n) is 1.79. The van der Waals surface area contributed by atoms with Gasteiger partial charge in [0.25, 0.3) is 0 Å². The van der Waals surface area contributed by atoms with E-state index in [9.17, 15) is 0 Å². The van der Waals surface area contributed by atoms with Crippen molar-refractivity contribution in [2.45, 2.75) is 12.2 Å². The molecular formula is C10H11NOSe. The van der Waals surface area contributed by atoms with Crippen molar-refractivity contribution in [1.29, 1.82) is 0 Å². The molecule has 13 heavy (non-hydrogen) atoms. The number of nitrogens with zero attached hydrogens (tertiary/aromatic N) is 1. The minimum atomic E-state index is 0.463. The Bertz CT molecular complexity index is 310. The van der Waals surface area contributed by atoms with Gasteiger partial charge in [-0.2, -0.15) is 0 Å². The standard InChI is InChI=1S/C10H11NOSe/c1-8-2-4-9(5-3-8)11-10-12-6-7-13-10/h2-5H,6-7H2,1H3. The summed E-state index contributed by atoms with van der Waals surface area (Å²) in [4.78, 5) is 5.36. The van der Waals surface area contributed by atoms with Crippen molar-refractivity contribution in [2.75, 3.05) is 6.61 Å². The molecule has 0 aromatic heterocycles. The number of aliphatic imine (C=N–C) groups is 1. The first kappa shape index (κ1) is 8.79. The molecule has 0 aliphatic carbocycles. The van der Waals surface area contributed by atoms with Crippen LogP contribution in [0.25, 0.3) is 0 Å². The topological polar surface area (TPSA) is 21.6 Å². The second-order valence-corrected chi connectivity index (χ2v) is 5.11. The van der Waals surface area contributed by atoms with E-state index < -0.39 is 0 Å². The average Bonchev–Trinajstić information content (AvgIpc) is 2.62. The van der Waals surface area contributed by atoms with Crippen molar-refractivity contribution in [3.8, 4) is 0 Å². The number of hydrogen-bond acceptors (Lipinski definition) is 2. The molecular weight excluding hydrogens is 229 g/mol. The molecule has 0 bridgehead atoms. The predicted molar refractivity (Wildman–Crippen MR) is 54.8 cm³/mol. The molecule has 1 fully saturated rings. The van der Waals surface area contributed by atoms with Crippen LogP contribution in [0.4, 0.5) is 5.69 Å². The third kappa shape index (κ3) is 2.33. The summed E-state index contributed by atoms with van der Waals surface area (Å²) in [6.45, 7) is 2.93. The van der Waals surface area contributed by atoms with Crippen molar-refractivity contribution in [3.63, 3.8) is 0 Å². The van der Waals surface area contributed by atoms with Crippen LogP contribution in [0, 0.1) is 6.92 Å². The first-order valence-electron chi connectivity index (χ1n) is 4.25. The van der Waals surface area contributed by atoms with Crippen LogP contribution in [-0.2, 0) is 4.74 Å². The molecule has 0 spiro atoms. The van der Waals surface area contributed by atoms with Crippen LogP contribution in [-0.4, -0.2) is 26.4 Å². The minimum absolute atomic E-state index is 0.463.